The van der Waals surface area contributed by atoms with E-state index in [0.717, 1.165) is 11.2 Å². The summed E-state index contributed by atoms with van der Waals surface area (Å²) in [5, 5.41) is 15.6. The molecule has 124 valence electrons. The number of rotatable bonds is 5. The van der Waals surface area contributed by atoms with Gasteiger partial charge in [0.1, 0.15) is 4.70 Å². The topological polar surface area (TPSA) is 75.5 Å². The molecule has 0 spiro atoms. The van der Waals surface area contributed by atoms with Crippen LogP contribution in [0.15, 0.2) is 41.2 Å². The summed E-state index contributed by atoms with van der Waals surface area (Å²) in [6.07, 6.45) is 0. The van der Waals surface area contributed by atoms with Gasteiger partial charge in [-0.15, -0.1) is 11.3 Å². The first kappa shape index (κ1) is 16.4. The molecule has 3 rings (SSSR count). The Balaban J connectivity index is 2.26. The Morgan fingerprint density at radius 2 is 1.96 bits per heavy atom. The molecular weight excluding hydrogens is 326 g/mol. The minimum absolute atomic E-state index is 0.0315. The van der Waals surface area contributed by atoms with E-state index in [1.165, 1.54) is 17.4 Å². The number of nitro groups is 1. The standard InChI is InChI=1S/C17H17N3O3S/c1-19(2)10-9-18-12-7-8-13(20(22)23)17-15(12)16(21)11-5-3-4-6-14(11)24-17/h3-8,18H,9-10H2,1-2H3. The minimum atomic E-state index is -0.434. The maximum absolute atomic E-state index is 12.9. The van der Waals surface area contributed by atoms with Crippen molar-refractivity contribution in [2.75, 3.05) is 32.5 Å². The zero-order valence-corrected chi connectivity index (χ0v) is 14.2. The zero-order chi connectivity index (χ0) is 17.3. The number of non-ortho nitro benzene ring substituents is 1. The van der Waals surface area contributed by atoms with E-state index >= 15 is 0 Å². The molecular formula is C17H17N3O3S. The normalized spacial score (nSPS) is 11.3. The van der Waals surface area contributed by atoms with Crippen molar-refractivity contribution in [2.24, 2.45) is 0 Å². The molecule has 0 saturated carbocycles. The first-order valence-electron chi connectivity index (χ1n) is 7.50. The molecule has 2 aromatic carbocycles. The monoisotopic (exact) mass is 343 g/mol. The van der Waals surface area contributed by atoms with E-state index in [-0.39, 0.29) is 11.1 Å². The van der Waals surface area contributed by atoms with Gasteiger partial charge in [0, 0.05) is 34.9 Å². The minimum Gasteiger partial charge on any atom is -0.383 e. The number of fused-ring (bicyclic) bond motifs is 2. The third-order valence-electron chi connectivity index (χ3n) is 3.78. The van der Waals surface area contributed by atoms with E-state index < -0.39 is 4.92 Å². The van der Waals surface area contributed by atoms with Gasteiger partial charge in [-0.2, -0.15) is 0 Å². The van der Waals surface area contributed by atoms with Gasteiger partial charge in [0.2, 0.25) is 0 Å². The third kappa shape index (κ3) is 2.95. The zero-order valence-electron chi connectivity index (χ0n) is 13.4. The van der Waals surface area contributed by atoms with E-state index in [4.69, 9.17) is 0 Å². The Morgan fingerprint density at radius 3 is 2.67 bits per heavy atom. The molecule has 24 heavy (non-hydrogen) atoms. The highest BCUT2D eigenvalue weighted by Crippen LogP contribution is 2.35. The fourth-order valence-corrected chi connectivity index (χ4v) is 3.78. The number of anilines is 1. The Morgan fingerprint density at radius 1 is 1.21 bits per heavy atom. The predicted octanol–water partition coefficient (Wildman–Crippen LogP) is 3.30. The van der Waals surface area contributed by atoms with Crippen LogP contribution in [-0.2, 0) is 0 Å². The Labute approximate surface area is 142 Å². The lowest BCUT2D eigenvalue weighted by molar-refractivity contribution is -0.382. The van der Waals surface area contributed by atoms with Crippen LogP contribution in [0.2, 0.25) is 0 Å². The highest BCUT2D eigenvalue weighted by molar-refractivity contribution is 7.25. The summed E-state index contributed by atoms with van der Waals surface area (Å²) in [6, 6.07) is 10.3. The maximum Gasteiger partial charge on any atom is 0.287 e. The highest BCUT2D eigenvalue weighted by atomic mass is 32.1. The second-order valence-electron chi connectivity index (χ2n) is 5.75. The lowest BCUT2D eigenvalue weighted by atomic mass is 10.1. The Kier molecular flexibility index (Phi) is 4.46. The number of likely N-dealkylation sites (N-methyl/N-ethyl adjacent to an activating group) is 1. The van der Waals surface area contributed by atoms with E-state index in [1.807, 2.05) is 31.1 Å². The molecule has 6 nitrogen and oxygen atoms in total. The number of nitro benzene ring substituents is 1. The molecule has 0 saturated heterocycles. The van der Waals surface area contributed by atoms with Crippen LogP contribution in [0.3, 0.4) is 0 Å². The summed E-state index contributed by atoms with van der Waals surface area (Å²) in [7, 11) is 3.93. The quantitative estimate of drug-likeness (QED) is 0.437. The van der Waals surface area contributed by atoms with E-state index in [2.05, 4.69) is 5.32 Å². The van der Waals surface area contributed by atoms with E-state index in [1.54, 1.807) is 18.2 Å². The molecule has 0 unspecified atom stereocenters. The smallest absolute Gasteiger partial charge is 0.287 e. The molecule has 1 N–H and O–H groups in total. The fraction of sp³-hybridized carbons (Fsp3) is 0.235. The number of hydrogen-bond acceptors (Lipinski definition) is 6. The second-order valence-corrected chi connectivity index (χ2v) is 6.80. The summed E-state index contributed by atoms with van der Waals surface area (Å²) in [5.41, 5.74) is 0.441. The van der Waals surface area contributed by atoms with E-state index in [9.17, 15) is 14.9 Å². The summed E-state index contributed by atoms with van der Waals surface area (Å²) < 4.78 is 1.17. The van der Waals surface area contributed by atoms with Crippen molar-refractivity contribution in [1.82, 2.24) is 4.90 Å². The molecule has 0 aliphatic rings. The van der Waals surface area contributed by atoms with Crippen LogP contribution in [0.1, 0.15) is 0 Å². The van der Waals surface area contributed by atoms with Gasteiger partial charge in [-0.1, -0.05) is 12.1 Å². The van der Waals surface area contributed by atoms with Gasteiger partial charge in [0.25, 0.3) is 5.69 Å². The van der Waals surface area contributed by atoms with Crippen molar-refractivity contribution >= 4 is 42.9 Å². The molecule has 7 heteroatoms. The lowest BCUT2D eigenvalue weighted by Gasteiger charge is -2.13. The van der Waals surface area contributed by atoms with Crippen molar-refractivity contribution in [3.8, 4) is 0 Å². The third-order valence-corrected chi connectivity index (χ3v) is 4.97. The molecule has 0 radical (unpaired) electrons. The number of nitrogens with one attached hydrogen (secondary N) is 1. The van der Waals surface area contributed by atoms with Gasteiger partial charge < -0.3 is 10.2 Å². The van der Waals surface area contributed by atoms with Crippen LogP contribution in [-0.4, -0.2) is 37.0 Å². The van der Waals surface area contributed by atoms with Gasteiger partial charge in [0.05, 0.1) is 10.3 Å². The Hall–Kier alpha value is -2.51. The summed E-state index contributed by atoms with van der Waals surface area (Å²) >= 11 is 1.28. The van der Waals surface area contributed by atoms with Gasteiger partial charge in [-0.3, -0.25) is 14.9 Å². The SMILES string of the molecule is CN(C)CCNc1ccc([N+](=O)[O-])c2sc3ccccc3c(=O)c12. The van der Waals surface area contributed by atoms with Crippen LogP contribution >= 0.6 is 11.3 Å². The average molecular weight is 343 g/mol. The fourth-order valence-electron chi connectivity index (χ4n) is 2.59. The van der Waals surface area contributed by atoms with Gasteiger partial charge in [-0.25, -0.2) is 0 Å². The second kappa shape index (κ2) is 6.54. The van der Waals surface area contributed by atoms with Crippen LogP contribution < -0.4 is 10.7 Å². The van der Waals surface area contributed by atoms with Crippen LogP contribution in [0.25, 0.3) is 20.2 Å². The van der Waals surface area contributed by atoms with Crippen LogP contribution in [0.5, 0.6) is 0 Å². The van der Waals surface area contributed by atoms with Gasteiger partial charge in [-0.05, 0) is 32.3 Å². The van der Waals surface area contributed by atoms with Crippen molar-refractivity contribution in [2.45, 2.75) is 0 Å². The first-order valence-corrected chi connectivity index (χ1v) is 8.32. The maximum atomic E-state index is 12.9. The predicted molar refractivity (Wildman–Crippen MR) is 99.3 cm³/mol. The Bertz CT molecular complexity index is 982. The lowest BCUT2D eigenvalue weighted by Crippen LogP contribution is -2.21. The van der Waals surface area contributed by atoms with Gasteiger partial charge >= 0.3 is 0 Å². The van der Waals surface area contributed by atoms with Crippen molar-refractivity contribution in [3.05, 3.63) is 56.7 Å². The molecule has 0 bridgehead atoms. The van der Waals surface area contributed by atoms with Crippen molar-refractivity contribution in [3.63, 3.8) is 0 Å². The molecule has 0 atom stereocenters. The number of hydrogen-bond donors (Lipinski definition) is 1. The molecule has 1 heterocycles. The van der Waals surface area contributed by atoms with Crippen molar-refractivity contribution < 1.29 is 4.92 Å². The first-order chi connectivity index (χ1) is 11.5. The summed E-state index contributed by atoms with van der Waals surface area (Å²) in [4.78, 5) is 25.9. The largest absolute Gasteiger partial charge is 0.383 e. The average Bonchev–Trinajstić information content (AvgIpc) is 2.54. The van der Waals surface area contributed by atoms with Crippen LogP contribution in [0, 0.1) is 10.1 Å². The van der Waals surface area contributed by atoms with Gasteiger partial charge in [0.15, 0.2) is 5.43 Å². The molecule has 1 aromatic heterocycles. The molecule has 0 fully saturated rings. The molecule has 0 aliphatic heterocycles. The molecule has 3 aromatic rings. The van der Waals surface area contributed by atoms with E-state index in [0.29, 0.717) is 27.7 Å². The molecule has 0 aliphatic carbocycles. The number of benzene rings is 2. The van der Waals surface area contributed by atoms with Crippen LogP contribution in [0.4, 0.5) is 11.4 Å². The summed E-state index contributed by atoms with van der Waals surface area (Å²) in [5.74, 6) is 0. The molecule has 0 amide bonds. The summed E-state index contributed by atoms with van der Waals surface area (Å²) in [6.45, 7) is 1.44. The highest BCUT2D eigenvalue weighted by Gasteiger charge is 2.19. The van der Waals surface area contributed by atoms with Crippen molar-refractivity contribution in [1.29, 1.82) is 0 Å². The number of nitrogens with zero attached hydrogens (tertiary/aromatic N) is 2.